The van der Waals surface area contributed by atoms with E-state index >= 15 is 0 Å². The molecule has 18 heavy (non-hydrogen) atoms. The van der Waals surface area contributed by atoms with Gasteiger partial charge in [-0.15, -0.1) is 0 Å². The van der Waals surface area contributed by atoms with E-state index in [4.69, 9.17) is 0 Å². The first-order valence-corrected chi connectivity index (χ1v) is 5.54. The molecule has 0 spiro atoms. The summed E-state index contributed by atoms with van der Waals surface area (Å²) in [6.45, 7) is 0.0607. The van der Waals surface area contributed by atoms with E-state index in [-0.39, 0.29) is 12.1 Å². The Morgan fingerprint density at radius 3 is 2.56 bits per heavy atom. The lowest BCUT2D eigenvalue weighted by Crippen LogP contribution is -2.11. The SMILES string of the molecule is FC(F)(F)c1ccccc1Cn1ccc(NS)n1. The second-order valence-corrected chi connectivity index (χ2v) is 3.89. The molecule has 0 aliphatic carbocycles. The molecule has 0 amide bonds. The zero-order valence-electron chi connectivity index (χ0n) is 9.15. The number of thiol groups is 1. The van der Waals surface area contributed by atoms with Gasteiger partial charge < -0.3 is 4.72 Å². The van der Waals surface area contributed by atoms with Crippen molar-refractivity contribution in [3.63, 3.8) is 0 Å². The van der Waals surface area contributed by atoms with E-state index in [1.807, 2.05) is 0 Å². The number of halogens is 3. The van der Waals surface area contributed by atoms with Crippen molar-refractivity contribution < 1.29 is 13.2 Å². The molecule has 0 saturated carbocycles. The third-order valence-corrected chi connectivity index (χ3v) is 2.64. The third kappa shape index (κ3) is 2.79. The fourth-order valence-electron chi connectivity index (χ4n) is 1.62. The van der Waals surface area contributed by atoms with E-state index in [9.17, 15) is 13.2 Å². The largest absolute Gasteiger partial charge is 0.416 e. The average Bonchev–Trinajstić information content (AvgIpc) is 2.76. The van der Waals surface area contributed by atoms with E-state index in [1.165, 1.54) is 16.8 Å². The standard InChI is InChI=1S/C11H10F3N3S/c12-11(13,14)9-4-2-1-3-8(9)7-17-6-5-10(15-17)16-18/h1-6,18H,7H2,(H,15,16). The van der Waals surface area contributed by atoms with E-state index < -0.39 is 11.7 Å². The Bertz CT molecular complexity index is 536. The summed E-state index contributed by atoms with van der Waals surface area (Å²) in [5.74, 6) is 0.489. The lowest BCUT2D eigenvalue weighted by molar-refractivity contribution is -0.138. The molecule has 1 heterocycles. The first-order valence-electron chi connectivity index (χ1n) is 5.09. The number of benzene rings is 1. The number of hydrogen-bond donors (Lipinski definition) is 2. The maximum atomic E-state index is 12.8. The highest BCUT2D eigenvalue weighted by Gasteiger charge is 2.32. The zero-order valence-corrected chi connectivity index (χ0v) is 10.0. The number of anilines is 1. The highest BCUT2D eigenvalue weighted by atomic mass is 32.1. The van der Waals surface area contributed by atoms with Gasteiger partial charge in [-0.05, 0) is 11.6 Å². The molecule has 2 rings (SSSR count). The molecule has 0 bridgehead atoms. The first-order chi connectivity index (χ1) is 8.50. The molecule has 0 aliphatic heterocycles. The molecule has 7 heteroatoms. The van der Waals surface area contributed by atoms with Gasteiger partial charge >= 0.3 is 6.18 Å². The van der Waals surface area contributed by atoms with Crippen LogP contribution in [-0.4, -0.2) is 9.78 Å². The van der Waals surface area contributed by atoms with Gasteiger partial charge in [-0.3, -0.25) is 4.68 Å². The van der Waals surface area contributed by atoms with Gasteiger partial charge in [-0.25, -0.2) is 0 Å². The van der Waals surface area contributed by atoms with Gasteiger partial charge in [0, 0.05) is 12.3 Å². The molecule has 0 aliphatic rings. The Balaban J connectivity index is 2.29. The highest BCUT2D eigenvalue weighted by Crippen LogP contribution is 2.32. The second kappa shape index (κ2) is 4.93. The summed E-state index contributed by atoms with van der Waals surface area (Å²) in [4.78, 5) is 0. The average molecular weight is 273 g/mol. The van der Waals surface area contributed by atoms with Crippen LogP contribution in [0.15, 0.2) is 36.5 Å². The second-order valence-electron chi connectivity index (χ2n) is 3.67. The summed E-state index contributed by atoms with van der Waals surface area (Å²) in [5, 5.41) is 4.01. The maximum Gasteiger partial charge on any atom is 0.416 e. The molecular weight excluding hydrogens is 263 g/mol. The monoisotopic (exact) mass is 273 g/mol. The van der Waals surface area contributed by atoms with Crippen molar-refractivity contribution in [1.29, 1.82) is 0 Å². The topological polar surface area (TPSA) is 29.9 Å². The number of rotatable bonds is 3. The van der Waals surface area contributed by atoms with Crippen molar-refractivity contribution >= 4 is 18.6 Å². The van der Waals surface area contributed by atoms with Gasteiger partial charge in [-0.2, -0.15) is 18.3 Å². The molecule has 0 saturated heterocycles. The number of nitrogens with one attached hydrogen (secondary N) is 1. The zero-order chi connectivity index (χ0) is 13.2. The summed E-state index contributed by atoms with van der Waals surface area (Å²) in [6.07, 6.45) is -2.76. The number of alkyl halides is 3. The molecule has 1 N–H and O–H groups in total. The molecule has 1 aromatic heterocycles. The van der Waals surface area contributed by atoms with Gasteiger partial charge in [0.05, 0.1) is 12.1 Å². The van der Waals surface area contributed by atoms with Crippen LogP contribution in [0.2, 0.25) is 0 Å². The number of aromatic nitrogens is 2. The molecule has 0 radical (unpaired) electrons. The molecule has 3 nitrogen and oxygen atoms in total. The summed E-state index contributed by atoms with van der Waals surface area (Å²) in [7, 11) is 0. The summed E-state index contributed by atoms with van der Waals surface area (Å²) < 4.78 is 42.2. The molecule has 96 valence electrons. The maximum absolute atomic E-state index is 12.8. The van der Waals surface area contributed by atoms with Crippen molar-refractivity contribution in [2.24, 2.45) is 0 Å². The van der Waals surface area contributed by atoms with Crippen molar-refractivity contribution in [3.05, 3.63) is 47.7 Å². The van der Waals surface area contributed by atoms with E-state index in [2.05, 4.69) is 22.6 Å². The Hall–Kier alpha value is -1.63. The van der Waals surface area contributed by atoms with Crippen LogP contribution in [0.3, 0.4) is 0 Å². The molecular formula is C11H10F3N3S. The minimum absolute atomic E-state index is 0.0607. The molecule has 2 aromatic rings. The van der Waals surface area contributed by atoms with Crippen LogP contribution >= 0.6 is 12.8 Å². The molecule has 0 fully saturated rings. The van der Waals surface area contributed by atoms with Crippen molar-refractivity contribution in [1.82, 2.24) is 9.78 Å². The van der Waals surface area contributed by atoms with Gasteiger partial charge in [0.25, 0.3) is 0 Å². The predicted molar refractivity (Wildman–Crippen MR) is 65.4 cm³/mol. The van der Waals surface area contributed by atoms with Gasteiger partial charge in [0.1, 0.15) is 0 Å². The van der Waals surface area contributed by atoms with Crippen LogP contribution in [0, 0.1) is 0 Å². The first kappa shape index (κ1) is 12.8. The number of hydrogen-bond acceptors (Lipinski definition) is 3. The van der Waals surface area contributed by atoms with Gasteiger partial charge in [0.2, 0.25) is 0 Å². The van der Waals surface area contributed by atoms with Crippen molar-refractivity contribution in [3.8, 4) is 0 Å². The third-order valence-electron chi connectivity index (χ3n) is 2.41. The minimum Gasteiger partial charge on any atom is -0.316 e. The summed E-state index contributed by atoms with van der Waals surface area (Å²) >= 11 is 3.81. The van der Waals surface area contributed by atoms with Gasteiger partial charge in [0.15, 0.2) is 5.82 Å². The molecule has 0 atom stereocenters. The smallest absolute Gasteiger partial charge is 0.316 e. The Morgan fingerprint density at radius 2 is 1.94 bits per heavy atom. The lowest BCUT2D eigenvalue weighted by atomic mass is 10.1. The lowest BCUT2D eigenvalue weighted by Gasteiger charge is -2.12. The van der Waals surface area contributed by atoms with Crippen LogP contribution in [0.4, 0.5) is 19.0 Å². The quantitative estimate of drug-likeness (QED) is 0.841. The highest BCUT2D eigenvalue weighted by molar-refractivity contribution is 7.81. The summed E-state index contributed by atoms with van der Waals surface area (Å²) in [6, 6.07) is 7.08. The molecule has 0 unspecified atom stereocenters. The van der Waals surface area contributed by atoms with Crippen LogP contribution in [0.25, 0.3) is 0 Å². The van der Waals surface area contributed by atoms with Crippen LogP contribution in [0.1, 0.15) is 11.1 Å². The number of nitrogens with zero attached hydrogens (tertiary/aromatic N) is 2. The molecule has 1 aromatic carbocycles. The van der Waals surface area contributed by atoms with Gasteiger partial charge in [-0.1, -0.05) is 31.0 Å². The Kier molecular flexibility index (Phi) is 3.51. The Morgan fingerprint density at radius 1 is 1.22 bits per heavy atom. The van der Waals surface area contributed by atoms with E-state index in [0.29, 0.717) is 5.82 Å². The van der Waals surface area contributed by atoms with Crippen molar-refractivity contribution in [2.45, 2.75) is 12.7 Å². The minimum atomic E-state index is -4.35. The van der Waals surface area contributed by atoms with Crippen LogP contribution in [-0.2, 0) is 12.7 Å². The fraction of sp³-hybridized carbons (Fsp3) is 0.182. The summed E-state index contributed by atoms with van der Waals surface area (Å²) in [5.41, 5.74) is -0.459. The van der Waals surface area contributed by atoms with E-state index in [1.54, 1.807) is 18.3 Å². The van der Waals surface area contributed by atoms with E-state index in [0.717, 1.165) is 6.07 Å². The normalized spacial score (nSPS) is 11.6. The van der Waals surface area contributed by atoms with Crippen LogP contribution in [0.5, 0.6) is 0 Å². The van der Waals surface area contributed by atoms with Crippen LogP contribution < -0.4 is 4.72 Å². The predicted octanol–water partition coefficient (Wildman–Crippen LogP) is 3.21. The Labute approximate surface area is 107 Å². The van der Waals surface area contributed by atoms with Crippen molar-refractivity contribution in [2.75, 3.05) is 4.72 Å². The fourth-order valence-corrected chi connectivity index (χ4v) is 1.74.